The molecule has 2 aromatic carbocycles. The highest BCUT2D eigenvalue weighted by Gasteiger charge is 2.26. The number of nitro benzene ring substituents is 1. The molecule has 10 nitrogen and oxygen atoms in total. The van der Waals surface area contributed by atoms with Crippen LogP contribution in [0.1, 0.15) is 24.5 Å². The molecule has 0 spiro atoms. The molecule has 2 rings (SSSR count). The molecular formula is C21H23ClN4O6. The maximum Gasteiger partial charge on any atom is 0.405 e. The molecule has 11 heteroatoms. The fourth-order valence-corrected chi connectivity index (χ4v) is 3.10. The van der Waals surface area contributed by atoms with Crippen LogP contribution >= 0.6 is 11.6 Å². The number of carbonyl (C=O) groups is 3. The Hall–Kier alpha value is -3.66. The summed E-state index contributed by atoms with van der Waals surface area (Å²) in [6, 6.07) is 12.3. The second-order valence-corrected chi connectivity index (χ2v) is 7.36. The Balaban J connectivity index is 1.96. The number of halogens is 1. The van der Waals surface area contributed by atoms with Crippen molar-refractivity contribution in [1.29, 1.82) is 0 Å². The molecule has 32 heavy (non-hydrogen) atoms. The summed E-state index contributed by atoms with van der Waals surface area (Å²) in [5, 5.41) is 16.4. The van der Waals surface area contributed by atoms with Gasteiger partial charge in [-0.25, -0.2) is 4.79 Å². The predicted molar refractivity (Wildman–Crippen MR) is 117 cm³/mol. The van der Waals surface area contributed by atoms with Crippen LogP contribution in [0, 0.1) is 10.1 Å². The first-order valence-electron chi connectivity index (χ1n) is 9.68. The molecule has 0 aliphatic rings. The average molecular weight is 463 g/mol. The van der Waals surface area contributed by atoms with E-state index in [0.717, 1.165) is 5.56 Å². The van der Waals surface area contributed by atoms with Crippen molar-refractivity contribution in [3.63, 3.8) is 0 Å². The Morgan fingerprint density at radius 2 is 1.84 bits per heavy atom. The highest BCUT2D eigenvalue weighted by atomic mass is 35.5. The van der Waals surface area contributed by atoms with Gasteiger partial charge in [0.2, 0.25) is 5.91 Å². The molecule has 0 saturated heterocycles. The van der Waals surface area contributed by atoms with Gasteiger partial charge < -0.3 is 21.1 Å². The quantitative estimate of drug-likeness (QED) is 0.364. The van der Waals surface area contributed by atoms with Gasteiger partial charge in [-0.05, 0) is 37.5 Å². The molecule has 0 radical (unpaired) electrons. The maximum atomic E-state index is 12.5. The van der Waals surface area contributed by atoms with Crippen LogP contribution in [-0.2, 0) is 27.3 Å². The SMILES string of the molecule is C[C@H](NC(=O)[C@@H](CCc1ccccc1)OC(N)=O)C(=O)NCc1cc(Cl)ccc1[N+](=O)[O-]. The Bertz CT molecular complexity index is 986. The lowest BCUT2D eigenvalue weighted by Gasteiger charge is -2.20. The molecule has 0 saturated carbocycles. The zero-order valence-electron chi connectivity index (χ0n) is 17.2. The predicted octanol–water partition coefficient (Wildman–Crippen LogP) is 2.47. The molecule has 0 bridgehead atoms. The number of benzene rings is 2. The number of carbonyl (C=O) groups excluding carboxylic acids is 3. The van der Waals surface area contributed by atoms with Crippen LogP contribution in [0.2, 0.25) is 5.02 Å². The molecule has 0 heterocycles. The lowest BCUT2D eigenvalue weighted by Crippen LogP contribution is -2.49. The monoisotopic (exact) mass is 462 g/mol. The van der Waals surface area contributed by atoms with Crippen LogP contribution in [0.3, 0.4) is 0 Å². The zero-order chi connectivity index (χ0) is 23.7. The summed E-state index contributed by atoms with van der Waals surface area (Å²) in [7, 11) is 0. The van der Waals surface area contributed by atoms with E-state index in [9.17, 15) is 24.5 Å². The number of nitro groups is 1. The molecule has 0 fully saturated rings. The lowest BCUT2D eigenvalue weighted by atomic mass is 10.1. The minimum absolute atomic E-state index is 0.162. The minimum Gasteiger partial charge on any atom is -0.436 e. The molecule has 0 aliphatic heterocycles. The standard InChI is InChI=1S/C21H23ClN4O6/c1-13(19(27)24-12-15-11-16(22)8-9-17(15)26(30)31)25-20(28)18(32-21(23)29)10-7-14-5-3-2-4-6-14/h2-6,8-9,11,13,18H,7,10,12H2,1H3,(H2,23,29)(H,24,27)(H,25,28)/t13-,18+/m0/s1. The molecule has 0 aliphatic carbocycles. The first-order chi connectivity index (χ1) is 15.2. The number of amides is 3. The summed E-state index contributed by atoms with van der Waals surface area (Å²) in [6.45, 7) is 1.27. The first-order valence-corrected chi connectivity index (χ1v) is 10.1. The summed E-state index contributed by atoms with van der Waals surface area (Å²) in [6.07, 6.45) is -1.67. The van der Waals surface area contributed by atoms with Crippen LogP contribution in [0.4, 0.5) is 10.5 Å². The van der Waals surface area contributed by atoms with Gasteiger partial charge in [-0.3, -0.25) is 19.7 Å². The Kier molecular flexibility index (Phi) is 8.96. The van der Waals surface area contributed by atoms with Crippen LogP contribution < -0.4 is 16.4 Å². The van der Waals surface area contributed by atoms with E-state index >= 15 is 0 Å². The largest absolute Gasteiger partial charge is 0.436 e. The van der Waals surface area contributed by atoms with Gasteiger partial charge in [0, 0.05) is 17.6 Å². The van der Waals surface area contributed by atoms with Gasteiger partial charge in [0.25, 0.3) is 11.6 Å². The summed E-state index contributed by atoms with van der Waals surface area (Å²) in [5.74, 6) is -1.27. The second-order valence-electron chi connectivity index (χ2n) is 6.93. The topological polar surface area (TPSA) is 154 Å². The zero-order valence-corrected chi connectivity index (χ0v) is 18.0. The van der Waals surface area contributed by atoms with E-state index in [1.165, 1.54) is 25.1 Å². The van der Waals surface area contributed by atoms with E-state index in [1.807, 2.05) is 30.3 Å². The smallest absolute Gasteiger partial charge is 0.405 e. The number of hydrogen-bond acceptors (Lipinski definition) is 6. The van der Waals surface area contributed by atoms with Crippen molar-refractivity contribution in [2.75, 3.05) is 0 Å². The fraction of sp³-hybridized carbons (Fsp3) is 0.286. The Morgan fingerprint density at radius 3 is 2.47 bits per heavy atom. The van der Waals surface area contributed by atoms with Crippen LogP contribution in [0.5, 0.6) is 0 Å². The Labute approximate surface area is 189 Å². The number of ether oxygens (including phenoxy) is 1. The third-order valence-electron chi connectivity index (χ3n) is 4.53. The molecule has 3 amide bonds. The molecule has 2 aromatic rings. The molecule has 170 valence electrons. The molecule has 0 aromatic heterocycles. The van der Waals surface area contributed by atoms with Gasteiger partial charge in [-0.15, -0.1) is 0 Å². The number of nitrogens with zero attached hydrogens (tertiary/aromatic N) is 1. The second kappa shape index (κ2) is 11.7. The van der Waals surface area contributed by atoms with Crippen LogP contribution in [0.25, 0.3) is 0 Å². The van der Waals surface area contributed by atoms with E-state index in [0.29, 0.717) is 6.42 Å². The van der Waals surface area contributed by atoms with E-state index in [-0.39, 0.29) is 29.2 Å². The van der Waals surface area contributed by atoms with Gasteiger partial charge in [-0.1, -0.05) is 41.9 Å². The molecule has 4 N–H and O–H groups in total. The normalized spacial score (nSPS) is 12.3. The van der Waals surface area contributed by atoms with Crippen molar-refractivity contribution in [3.05, 3.63) is 74.8 Å². The van der Waals surface area contributed by atoms with Gasteiger partial charge in [0.15, 0.2) is 6.10 Å². The number of nitrogens with one attached hydrogen (secondary N) is 2. The number of primary amides is 1. The summed E-state index contributed by atoms with van der Waals surface area (Å²) >= 11 is 5.87. The number of hydrogen-bond donors (Lipinski definition) is 3. The van der Waals surface area contributed by atoms with E-state index in [4.69, 9.17) is 22.1 Å². The average Bonchev–Trinajstić information content (AvgIpc) is 2.75. The van der Waals surface area contributed by atoms with Crippen molar-refractivity contribution in [2.24, 2.45) is 5.73 Å². The molecular weight excluding hydrogens is 440 g/mol. The molecule has 2 atom stereocenters. The van der Waals surface area contributed by atoms with E-state index in [1.54, 1.807) is 0 Å². The third kappa shape index (κ3) is 7.55. The summed E-state index contributed by atoms with van der Waals surface area (Å²) in [5.41, 5.74) is 6.03. The maximum absolute atomic E-state index is 12.5. The summed E-state index contributed by atoms with van der Waals surface area (Å²) in [4.78, 5) is 46.7. The minimum atomic E-state index is -1.18. The van der Waals surface area contributed by atoms with E-state index in [2.05, 4.69) is 10.6 Å². The third-order valence-corrected chi connectivity index (χ3v) is 4.77. The van der Waals surface area contributed by atoms with E-state index < -0.39 is 35.0 Å². The number of nitrogens with two attached hydrogens (primary N) is 1. The van der Waals surface area contributed by atoms with Gasteiger partial charge >= 0.3 is 6.09 Å². The van der Waals surface area contributed by atoms with Gasteiger partial charge in [0.1, 0.15) is 6.04 Å². The highest BCUT2D eigenvalue weighted by molar-refractivity contribution is 6.30. The van der Waals surface area contributed by atoms with Crippen molar-refractivity contribution < 1.29 is 24.0 Å². The van der Waals surface area contributed by atoms with Crippen LogP contribution in [0.15, 0.2) is 48.5 Å². The Morgan fingerprint density at radius 1 is 1.16 bits per heavy atom. The molecule has 0 unspecified atom stereocenters. The van der Waals surface area contributed by atoms with Crippen molar-refractivity contribution >= 4 is 35.2 Å². The van der Waals surface area contributed by atoms with Crippen molar-refractivity contribution in [2.45, 2.75) is 38.5 Å². The van der Waals surface area contributed by atoms with Crippen molar-refractivity contribution in [1.82, 2.24) is 10.6 Å². The van der Waals surface area contributed by atoms with Crippen LogP contribution in [-0.4, -0.2) is 35.0 Å². The van der Waals surface area contributed by atoms with Crippen molar-refractivity contribution in [3.8, 4) is 0 Å². The van der Waals surface area contributed by atoms with Gasteiger partial charge in [-0.2, -0.15) is 0 Å². The number of rotatable bonds is 10. The first kappa shape index (κ1) is 24.6. The van der Waals surface area contributed by atoms with Gasteiger partial charge in [0.05, 0.1) is 10.5 Å². The fourth-order valence-electron chi connectivity index (χ4n) is 2.91. The highest BCUT2D eigenvalue weighted by Crippen LogP contribution is 2.22. The number of aryl methyl sites for hydroxylation is 1. The lowest BCUT2D eigenvalue weighted by molar-refractivity contribution is -0.385. The summed E-state index contributed by atoms with van der Waals surface area (Å²) < 4.78 is 4.90.